The van der Waals surface area contributed by atoms with Gasteiger partial charge in [0.05, 0.1) is 15.7 Å². The molecule has 1 aromatic heterocycles. The fraction of sp³-hybridized carbons (Fsp3) is 0.421. The first kappa shape index (κ1) is 19.2. The van der Waals surface area contributed by atoms with E-state index in [0.717, 1.165) is 36.4 Å². The second-order valence-corrected chi connectivity index (χ2v) is 7.00. The highest BCUT2D eigenvalue weighted by Gasteiger charge is 2.21. The standard InChI is InChI=1S/C19H23Cl2N3O2/c1-13(19-16(20)11-23-12-17(19)21)26-15-8-6-14(7-9-15)24(22-2)18-5-3-4-10-25-18/h6-9,11-13,18,22H,3-5,10H2,1-2H3/t13-,18?/m1/s1. The number of aromatic nitrogens is 1. The number of halogens is 2. The predicted molar refractivity (Wildman–Crippen MR) is 105 cm³/mol. The van der Waals surface area contributed by atoms with E-state index in [0.29, 0.717) is 10.0 Å². The van der Waals surface area contributed by atoms with E-state index < -0.39 is 0 Å². The molecule has 1 aliphatic rings. The van der Waals surface area contributed by atoms with Crippen LogP contribution in [0, 0.1) is 0 Å². The van der Waals surface area contributed by atoms with Crippen molar-refractivity contribution in [2.75, 3.05) is 18.7 Å². The fourth-order valence-electron chi connectivity index (χ4n) is 3.12. The summed E-state index contributed by atoms with van der Waals surface area (Å²) in [4.78, 5) is 3.97. The zero-order chi connectivity index (χ0) is 18.5. The highest BCUT2D eigenvalue weighted by atomic mass is 35.5. The topological polar surface area (TPSA) is 46.6 Å². The smallest absolute Gasteiger partial charge is 0.144 e. The SMILES string of the molecule is CNN(c1ccc(O[C@H](C)c2c(Cl)cncc2Cl)cc1)C1CCCCO1. The molecule has 0 radical (unpaired) electrons. The summed E-state index contributed by atoms with van der Waals surface area (Å²) in [5.41, 5.74) is 4.98. The van der Waals surface area contributed by atoms with Gasteiger partial charge >= 0.3 is 0 Å². The van der Waals surface area contributed by atoms with Crippen LogP contribution in [0.15, 0.2) is 36.7 Å². The number of nitrogens with zero attached hydrogens (tertiary/aromatic N) is 2. The van der Waals surface area contributed by atoms with Crippen LogP contribution in [0.5, 0.6) is 5.75 Å². The molecular formula is C19H23Cl2N3O2. The summed E-state index contributed by atoms with van der Waals surface area (Å²) in [6.07, 6.45) is 6.21. The van der Waals surface area contributed by atoms with E-state index in [1.54, 1.807) is 12.4 Å². The Bertz CT molecular complexity index is 701. The zero-order valence-electron chi connectivity index (χ0n) is 14.9. The Morgan fingerprint density at radius 1 is 1.19 bits per heavy atom. The van der Waals surface area contributed by atoms with Crippen molar-refractivity contribution in [1.29, 1.82) is 0 Å². The van der Waals surface area contributed by atoms with Gasteiger partial charge < -0.3 is 9.47 Å². The minimum Gasteiger partial charge on any atom is -0.486 e. The number of nitrogens with one attached hydrogen (secondary N) is 1. The summed E-state index contributed by atoms with van der Waals surface area (Å²) in [5.74, 6) is 0.741. The number of hydrazine groups is 1. The van der Waals surface area contributed by atoms with E-state index in [2.05, 4.69) is 10.4 Å². The normalized spacial score (nSPS) is 18.4. The Hall–Kier alpha value is -1.53. The van der Waals surface area contributed by atoms with Crippen molar-refractivity contribution < 1.29 is 9.47 Å². The molecule has 0 amide bonds. The predicted octanol–water partition coefficient (Wildman–Crippen LogP) is 5.00. The second kappa shape index (κ2) is 8.91. The van der Waals surface area contributed by atoms with Crippen LogP contribution in [0.2, 0.25) is 10.0 Å². The molecule has 0 aliphatic carbocycles. The molecule has 1 aliphatic heterocycles. The molecule has 0 saturated carbocycles. The van der Waals surface area contributed by atoms with Crippen LogP contribution < -0.4 is 15.2 Å². The third-order valence-electron chi connectivity index (χ3n) is 4.41. The maximum Gasteiger partial charge on any atom is 0.144 e. The number of anilines is 1. The van der Waals surface area contributed by atoms with Gasteiger partial charge in [-0.1, -0.05) is 23.2 Å². The monoisotopic (exact) mass is 395 g/mol. The molecule has 0 bridgehead atoms. The third kappa shape index (κ3) is 4.41. The average Bonchev–Trinajstić information content (AvgIpc) is 2.64. The number of hydrogen-bond acceptors (Lipinski definition) is 5. The summed E-state index contributed by atoms with van der Waals surface area (Å²) >= 11 is 12.4. The van der Waals surface area contributed by atoms with Gasteiger partial charge in [-0.25, -0.2) is 5.43 Å². The fourth-order valence-corrected chi connectivity index (χ4v) is 3.80. The molecule has 0 spiro atoms. The third-order valence-corrected chi connectivity index (χ3v) is 5.01. The van der Waals surface area contributed by atoms with Crippen molar-refractivity contribution in [2.24, 2.45) is 0 Å². The van der Waals surface area contributed by atoms with Crippen LogP contribution in [0.1, 0.15) is 37.9 Å². The highest BCUT2D eigenvalue weighted by Crippen LogP contribution is 2.33. The van der Waals surface area contributed by atoms with E-state index in [9.17, 15) is 0 Å². The lowest BCUT2D eigenvalue weighted by Crippen LogP contribution is -2.46. The zero-order valence-corrected chi connectivity index (χ0v) is 16.4. The van der Waals surface area contributed by atoms with Crippen molar-refractivity contribution in [2.45, 2.75) is 38.5 Å². The molecule has 26 heavy (non-hydrogen) atoms. The Labute approximate surface area is 164 Å². The molecule has 3 rings (SSSR count). The van der Waals surface area contributed by atoms with Gasteiger partial charge in [0.15, 0.2) is 0 Å². The Balaban J connectivity index is 1.71. The van der Waals surface area contributed by atoms with Crippen molar-refractivity contribution in [1.82, 2.24) is 10.4 Å². The van der Waals surface area contributed by atoms with Crippen LogP contribution in [-0.2, 0) is 4.74 Å². The Morgan fingerprint density at radius 3 is 2.46 bits per heavy atom. The number of benzene rings is 1. The van der Waals surface area contributed by atoms with Gasteiger partial charge in [-0.3, -0.25) is 9.99 Å². The number of rotatable bonds is 6. The van der Waals surface area contributed by atoms with E-state index >= 15 is 0 Å². The summed E-state index contributed by atoms with van der Waals surface area (Å²) in [7, 11) is 1.90. The minimum absolute atomic E-state index is 0.0499. The maximum absolute atomic E-state index is 6.21. The van der Waals surface area contributed by atoms with Crippen LogP contribution in [-0.4, -0.2) is 24.9 Å². The molecule has 2 atom stereocenters. The lowest BCUT2D eigenvalue weighted by Gasteiger charge is -2.35. The van der Waals surface area contributed by atoms with Gasteiger partial charge in [0, 0.05) is 31.6 Å². The average molecular weight is 396 g/mol. The highest BCUT2D eigenvalue weighted by molar-refractivity contribution is 6.35. The maximum atomic E-state index is 6.21. The van der Waals surface area contributed by atoms with Crippen molar-refractivity contribution in [3.63, 3.8) is 0 Å². The first-order valence-corrected chi connectivity index (χ1v) is 9.49. The van der Waals surface area contributed by atoms with Crippen molar-refractivity contribution >= 4 is 28.9 Å². The first-order chi connectivity index (χ1) is 12.6. The van der Waals surface area contributed by atoms with Gasteiger partial charge in [0.1, 0.15) is 18.1 Å². The summed E-state index contributed by atoms with van der Waals surface area (Å²) in [6, 6.07) is 7.88. The van der Waals surface area contributed by atoms with Gasteiger partial charge in [0.2, 0.25) is 0 Å². The van der Waals surface area contributed by atoms with Crippen LogP contribution in [0.4, 0.5) is 5.69 Å². The number of hydrogen-bond donors (Lipinski definition) is 1. The number of ether oxygens (including phenoxy) is 2. The summed E-state index contributed by atoms with van der Waals surface area (Å²) in [6.45, 7) is 2.71. The first-order valence-electron chi connectivity index (χ1n) is 8.74. The molecule has 2 aromatic rings. The van der Waals surface area contributed by atoms with Gasteiger partial charge in [-0.05, 0) is 50.5 Å². The minimum atomic E-state index is -0.286. The quantitative estimate of drug-likeness (QED) is 0.697. The van der Waals surface area contributed by atoms with E-state index in [4.69, 9.17) is 32.7 Å². The van der Waals surface area contributed by atoms with Gasteiger partial charge in [-0.15, -0.1) is 0 Å². The molecule has 5 nitrogen and oxygen atoms in total. The largest absolute Gasteiger partial charge is 0.486 e. The second-order valence-electron chi connectivity index (χ2n) is 6.19. The van der Waals surface area contributed by atoms with Crippen molar-refractivity contribution in [3.05, 3.63) is 52.3 Å². The summed E-state index contributed by atoms with van der Waals surface area (Å²) in [5, 5.41) is 3.04. The van der Waals surface area contributed by atoms with Crippen LogP contribution in [0.25, 0.3) is 0 Å². The number of pyridine rings is 1. The molecule has 1 aromatic carbocycles. The van der Waals surface area contributed by atoms with Crippen LogP contribution >= 0.6 is 23.2 Å². The molecule has 7 heteroatoms. The molecule has 140 valence electrons. The Kier molecular flexibility index (Phi) is 6.59. The lowest BCUT2D eigenvalue weighted by atomic mass is 10.1. The Morgan fingerprint density at radius 2 is 1.88 bits per heavy atom. The molecule has 2 heterocycles. The molecule has 1 fully saturated rings. The van der Waals surface area contributed by atoms with Crippen LogP contribution in [0.3, 0.4) is 0 Å². The summed E-state index contributed by atoms with van der Waals surface area (Å²) < 4.78 is 11.9. The van der Waals surface area contributed by atoms with Crippen molar-refractivity contribution in [3.8, 4) is 5.75 Å². The van der Waals surface area contributed by atoms with Gasteiger partial charge in [0.25, 0.3) is 0 Å². The van der Waals surface area contributed by atoms with E-state index in [1.807, 2.05) is 43.2 Å². The van der Waals surface area contributed by atoms with Gasteiger partial charge in [-0.2, -0.15) is 0 Å². The molecule has 1 N–H and O–H groups in total. The molecule has 1 unspecified atom stereocenters. The lowest BCUT2D eigenvalue weighted by molar-refractivity contribution is 0.00914. The van der Waals surface area contributed by atoms with E-state index in [-0.39, 0.29) is 12.3 Å². The van der Waals surface area contributed by atoms with E-state index in [1.165, 1.54) is 6.42 Å². The molecular weight excluding hydrogens is 373 g/mol. The molecule has 1 saturated heterocycles.